The number of carbonyl (C=O) groups is 1. The Balaban J connectivity index is 2.21. The molecular formula is C7H14N2O. The van der Waals surface area contributed by atoms with Crippen molar-refractivity contribution in [2.45, 2.75) is 24.9 Å². The Kier molecular flexibility index (Phi) is 2.83. The van der Waals surface area contributed by atoms with Crippen molar-refractivity contribution in [3.63, 3.8) is 0 Å². The van der Waals surface area contributed by atoms with Crippen molar-refractivity contribution in [1.82, 2.24) is 10.6 Å². The van der Waals surface area contributed by atoms with Gasteiger partial charge in [-0.1, -0.05) is 0 Å². The van der Waals surface area contributed by atoms with Gasteiger partial charge in [0.2, 0.25) is 0 Å². The maximum absolute atomic E-state index is 10.3. The van der Waals surface area contributed by atoms with E-state index in [1.807, 2.05) is 7.05 Å². The van der Waals surface area contributed by atoms with Crippen molar-refractivity contribution in [3.05, 3.63) is 0 Å². The first kappa shape index (κ1) is 7.69. The van der Waals surface area contributed by atoms with E-state index in [-0.39, 0.29) is 6.04 Å². The summed E-state index contributed by atoms with van der Waals surface area (Å²) >= 11 is 0. The third kappa shape index (κ3) is 1.78. The molecule has 0 amide bonds. The van der Waals surface area contributed by atoms with Crippen LogP contribution in [0, 0.1) is 0 Å². The molecule has 10 heavy (non-hydrogen) atoms. The molecule has 2 unspecified atom stereocenters. The number of hydrogen-bond donors (Lipinski definition) is 2. The van der Waals surface area contributed by atoms with Gasteiger partial charge in [0.1, 0.15) is 6.29 Å². The first-order valence-corrected chi connectivity index (χ1v) is 3.72. The summed E-state index contributed by atoms with van der Waals surface area (Å²) in [6, 6.07) is 0.610. The highest BCUT2D eigenvalue weighted by Gasteiger charge is 2.21. The predicted molar refractivity (Wildman–Crippen MR) is 39.9 cm³/mol. The lowest BCUT2D eigenvalue weighted by Gasteiger charge is -2.08. The van der Waals surface area contributed by atoms with E-state index in [4.69, 9.17) is 0 Å². The fraction of sp³-hybridized carbons (Fsp3) is 0.857. The summed E-state index contributed by atoms with van der Waals surface area (Å²) in [4.78, 5) is 10.3. The van der Waals surface area contributed by atoms with Crippen molar-refractivity contribution in [3.8, 4) is 0 Å². The lowest BCUT2D eigenvalue weighted by atomic mass is 10.2. The maximum atomic E-state index is 10.3. The van der Waals surface area contributed by atoms with Crippen LogP contribution in [0.5, 0.6) is 0 Å². The molecule has 0 aromatic heterocycles. The van der Waals surface area contributed by atoms with Gasteiger partial charge in [-0.15, -0.1) is 0 Å². The van der Waals surface area contributed by atoms with Gasteiger partial charge in [0.05, 0.1) is 6.04 Å². The second kappa shape index (κ2) is 3.68. The molecule has 3 heteroatoms. The van der Waals surface area contributed by atoms with Gasteiger partial charge in [-0.2, -0.15) is 0 Å². The molecule has 2 N–H and O–H groups in total. The Morgan fingerprint density at radius 1 is 1.70 bits per heavy atom. The van der Waals surface area contributed by atoms with Gasteiger partial charge in [0, 0.05) is 12.6 Å². The van der Waals surface area contributed by atoms with Gasteiger partial charge in [-0.25, -0.2) is 0 Å². The Hall–Kier alpha value is -0.410. The minimum absolute atomic E-state index is 0.110. The molecule has 2 atom stereocenters. The smallest absolute Gasteiger partial charge is 0.136 e. The molecule has 0 aliphatic carbocycles. The third-order valence-electron chi connectivity index (χ3n) is 1.89. The number of carbonyl (C=O) groups excluding carboxylic acids is 1. The average molecular weight is 142 g/mol. The summed E-state index contributed by atoms with van der Waals surface area (Å²) in [6.45, 7) is 0.963. The summed E-state index contributed by atoms with van der Waals surface area (Å²) in [6.07, 6.45) is 3.11. The lowest BCUT2D eigenvalue weighted by Crippen LogP contribution is -2.36. The van der Waals surface area contributed by atoms with E-state index in [2.05, 4.69) is 10.6 Å². The quantitative estimate of drug-likeness (QED) is 0.523. The highest BCUT2D eigenvalue weighted by Crippen LogP contribution is 2.09. The number of nitrogens with one attached hydrogen (secondary N) is 2. The van der Waals surface area contributed by atoms with E-state index in [1.54, 1.807) is 0 Å². The van der Waals surface area contributed by atoms with E-state index >= 15 is 0 Å². The first-order chi connectivity index (χ1) is 4.86. The normalized spacial score (nSPS) is 32.5. The fourth-order valence-corrected chi connectivity index (χ4v) is 1.36. The molecule has 0 bridgehead atoms. The van der Waals surface area contributed by atoms with E-state index < -0.39 is 0 Å². The molecular weight excluding hydrogens is 128 g/mol. The number of aldehydes is 1. The maximum Gasteiger partial charge on any atom is 0.136 e. The molecule has 1 aliphatic heterocycles. The third-order valence-corrected chi connectivity index (χ3v) is 1.89. The second-order valence-electron chi connectivity index (χ2n) is 2.74. The van der Waals surface area contributed by atoms with Crippen molar-refractivity contribution in [2.24, 2.45) is 0 Å². The minimum atomic E-state index is 0.110. The minimum Gasteiger partial charge on any atom is -0.318 e. The van der Waals surface area contributed by atoms with Crippen molar-refractivity contribution in [1.29, 1.82) is 0 Å². The summed E-state index contributed by atoms with van der Waals surface area (Å²) in [5.41, 5.74) is 0. The number of likely N-dealkylation sites (N-methyl/N-ethyl adjacent to an activating group) is 1. The highest BCUT2D eigenvalue weighted by atomic mass is 16.1. The van der Waals surface area contributed by atoms with E-state index in [9.17, 15) is 4.79 Å². The Bertz CT molecular complexity index is 116. The van der Waals surface area contributed by atoms with Gasteiger partial charge in [0.25, 0.3) is 0 Å². The van der Waals surface area contributed by atoms with Crippen LogP contribution >= 0.6 is 0 Å². The summed E-state index contributed by atoms with van der Waals surface area (Å²) in [5.74, 6) is 0. The van der Waals surface area contributed by atoms with Crippen LogP contribution in [-0.2, 0) is 4.79 Å². The molecule has 1 rings (SSSR count). The summed E-state index contributed by atoms with van der Waals surface area (Å²) in [7, 11) is 1.93. The highest BCUT2D eigenvalue weighted by molar-refractivity contribution is 5.58. The van der Waals surface area contributed by atoms with Gasteiger partial charge in [0.15, 0.2) is 0 Å². The van der Waals surface area contributed by atoms with Gasteiger partial charge in [-0.3, -0.25) is 0 Å². The van der Waals surface area contributed by atoms with Gasteiger partial charge < -0.3 is 15.4 Å². The lowest BCUT2D eigenvalue weighted by molar-refractivity contribution is -0.109. The SMILES string of the molecule is CNCC1CCC(C=O)N1. The first-order valence-electron chi connectivity index (χ1n) is 3.72. The molecule has 1 fully saturated rings. The van der Waals surface area contributed by atoms with Crippen LogP contribution < -0.4 is 10.6 Å². The van der Waals surface area contributed by atoms with Crippen LogP contribution in [0.25, 0.3) is 0 Å². The van der Waals surface area contributed by atoms with E-state index in [1.165, 1.54) is 0 Å². The molecule has 1 heterocycles. The van der Waals surface area contributed by atoms with E-state index in [0.717, 1.165) is 25.7 Å². The monoisotopic (exact) mass is 142 g/mol. The van der Waals surface area contributed by atoms with Gasteiger partial charge in [-0.05, 0) is 19.9 Å². The molecule has 0 saturated carbocycles. The van der Waals surface area contributed by atoms with Crippen LogP contribution in [-0.4, -0.2) is 32.0 Å². The van der Waals surface area contributed by atoms with Crippen LogP contribution in [0.3, 0.4) is 0 Å². The fourth-order valence-electron chi connectivity index (χ4n) is 1.36. The molecule has 0 radical (unpaired) electrons. The summed E-state index contributed by atoms with van der Waals surface area (Å²) in [5, 5.41) is 6.29. The molecule has 0 aromatic rings. The number of rotatable bonds is 3. The van der Waals surface area contributed by atoms with Crippen LogP contribution in [0.4, 0.5) is 0 Å². The van der Waals surface area contributed by atoms with Gasteiger partial charge >= 0.3 is 0 Å². The second-order valence-corrected chi connectivity index (χ2v) is 2.74. The topological polar surface area (TPSA) is 41.1 Å². The van der Waals surface area contributed by atoms with Crippen LogP contribution in [0.1, 0.15) is 12.8 Å². The van der Waals surface area contributed by atoms with Crippen LogP contribution in [0.15, 0.2) is 0 Å². The average Bonchev–Trinajstić information content (AvgIpc) is 2.37. The molecule has 0 spiro atoms. The Morgan fingerprint density at radius 3 is 3.00 bits per heavy atom. The molecule has 0 aromatic carbocycles. The van der Waals surface area contributed by atoms with E-state index in [0.29, 0.717) is 6.04 Å². The summed E-state index contributed by atoms with van der Waals surface area (Å²) < 4.78 is 0. The van der Waals surface area contributed by atoms with Crippen molar-refractivity contribution < 1.29 is 4.79 Å². The molecule has 3 nitrogen and oxygen atoms in total. The zero-order chi connectivity index (χ0) is 7.40. The Labute approximate surface area is 61.2 Å². The number of hydrogen-bond acceptors (Lipinski definition) is 3. The molecule has 1 aliphatic rings. The Morgan fingerprint density at radius 2 is 2.50 bits per heavy atom. The van der Waals surface area contributed by atoms with Crippen molar-refractivity contribution >= 4 is 6.29 Å². The zero-order valence-corrected chi connectivity index (χ0v) is 6.26. The molecule has 58 valence electrons. The van der Waals surface area contributed by atoms with Crippen molar-refractivity contribution in [2.75, 3.05) is 13.6 Å². The predicted octanol–water partition coefficient (Wildman–Crippen LogP) is -0.475. The standard InChI is InChI=1S/C7H14N2O/c1-8-4-6-2-3-7(5-10)9-6/h5-9H,2-4H2,1H3. The zero-order valence-electron chi connectivity index (χ0n) is 6.26. The van der Waals surface area contributed by atoms with Crippen LogP contribution in [0.2, 0.25) is 0 Å². The molecule has 1 saturated heterocycles. The largest absolute Gasteiger partial charge is 0.318 e.